The SMILES string of the molecule is C=C(CC1=CCC2=C(C=C1)C(CCNCC(=O)N1C(C#N)CC3CC31)(C(=N)N=NN)c1ccc(C(=O)NC)cc1CC2)NC.CC.CCc1ccc(C)cc1. The molecule has 1 saturated carbocycles. The van der Waals surface area contributed by atoms with E-state index in [4.69, 9.17) is 5.84 Å². The number of likely N-dealkylation sites (tertiary alicyclic amines) is 1. The first-order valence-electron chi connectivity index (χ1n) is 19.6. The van der Waals surface area contributed by atoms with E-state index in [1.54, 1.807) is 18.0 Å². The highest BCUT2D eigenvalue weighted by Gasteiger charge is 2.54. The second kappa shape index (κ2) is 19.8. The van der Waals surface area contributed by atoms with Crippen LogP contribution in [-0.2, 0) is 23.1 Å². The van der Waals surface area contributed by atoms with Crippen molar-refractivity contribution in [2.24, 2.45) is 22.1 Å². The number of allylic oxidation sites excluding steroid dienone is 5. The van der Waals surface area contributed by atoms with E-state index in [1.807, 2.05) is 33.0 Å². The minimum Gasteiger partial charge on any atom is -0.392 e. The van der Waals surface area contributed by atoms with Gasteiger partial charge in [0.25, 0.3) is 5.91 Å². The molecule has 292 valence electrons. The van der Waals surface area contributed by atoms with E-state index in [0.29, 0.717) is 43.7 Å². The Morgan fingerprint density at radius 2 is 1.84 bits per heavy atom. The standard InChI is InChI=1S/C33H41N9O2.C9H12.C2H6/c1-20(37-2)14-21-4-6-22-7-8-23-15-24(31(44)38-3)9-11-28(23)33(27(22)10-5-21,32(35)40-41-36)12-13-39-19-30(43)42-26(18-34)16-25-17-29(25)42;1-3-9-6-4-8(2)5-7-9;1-2/h4-5,9-11,15,25-26,29,37,39H,1,6-8,12-14,16-17,19H2,2-3H3,(H,38,44)(H3,35,36,40);4-7H,3H2,1-2H3;1-2H3. The Kier molecular flexibility index (Phi) is 15.3. The number of nitrogens with two attached hydrogens (primary N) is 1. The summed E-state index contributed by atoms with van der Waals surface area (Å²) in [5, 5.41) is 35.6. The van der Waals surface area contributed by atoms with Gasteiger partial charge in [0.15, 0.2) is 5.84 Å². The first kappa shape index (κ1) is 42.4. The molecule has 0 bridgehead atoms. The van der Waals surface area contributed by atoms with Crippen molar-refractivity contribution in [2.75, 3.05) is 27.2 Å². The summed E-state index contributed by atoms with van der Waals surface area (Å²) in [5.41, 5.74) is 8.26. The van der Waals surface area contributed by atoms with Gasteiger partial charge in [-0.15, -0.1) is 5.11 Å². The molecule has 11 nitrogen and oxygen atoms in total. The molecule has 3 aliphatic carbocycles. The lowest BCUT2D eigenvalue weighted by molar-refractivity contribution is -0.131. The third kappa shape index (κ3) is 9.86. The topological polar surface area (TPSA) is 172 Å². The van der Waals surface area contributed by atoms with Gasteiger partial charge in [0, 0.05) is 37.8 Å². The number of carbonyl (C=O) groups excluding carboxylic acids is 2. The average Bonchev–Trinajstić information content (AvgIpc) is 3.94. The lowest BCUT2D eigenvalue weighted by atomic mass is 9.68. The number of hydrogen-bond donors (Lipinski definition) is 5. The van der Waals surface area contributed by atoms with Crippen molar-refractivity contribution in [3.63, 3.8) is 0 Å². The van der Waals surface area contributed by atoms with Crippen molar-refractivity contribution >= 4 is 17.6 Å². The molecule has 2 aromatic carbocycles. The Morgan fingerprint density at radius 3 is 2.49 bits per heavy atom. The molecule has 6 rings (SSSR count). The van der Waals surface area contributed by atoms with Gasteiger partial charge in [0.1, 0.15) is 6.04 Å². The van der Waals surface area contributed by atoms with Crippen LogP contribution in [0.3, 0.4) is 0 Å². The Bertz CT molecular complexity index is 1880. The number of benzene rings is 2. The van der Waals surface area contributed by atoms with Crippen molar-refractivity contribution in [2.45, 2.75) is 96.6 Å². The van der Waals surface area contributed by atoms with E-state index >= 15 is 0 Å². The fourth-order valence-electron chi connectivity index (χ4n) is 7.92. The fraction of sp³-hybridized carbons (Fsp3) is 0.455. The van der Waals surface area contributed by atoms with Gasteiger partial charge in [-0.1, -0.05) is 92.3 Å². The number of amides is 2. The molecule has 2 amide bonds. The van der Waals surface area contributed by atoms with Crippen LogP contribution in [-0.4, -0.2) is 61.8 Å². The Morgan fingerprint density at radius 1 is 1.09 bits per heavy atom. The first-order valence-corrected chi connectivity index (χ1v) is 19.6. The quantitative estimate of drug-likeness (QED) is 0.0418. The van der Waals surface area contributed by atoms with Gasteiger partial charge in [-0.05, 0) is 104 Å². The second-order valence-electron chi connectivity index (χ2n) is 14.3. The highest BCUT2D eigenvalue weighted by molar-refractivity contribution is 5.98. The maximum atomic E-state index is 13.2. The molecular formula is C44H59N9O2. The summed E-state index contributed by atoms with van der Waals surface area (Å²) in [6.07, 6.45) is 12.4. The van der Waals surface area contributed by atoms with Gasteiger partial charge >= 0.3 is 0 Å². The molecule has 0 aromatic heterocycles. The molecule has 11 heteroatoms. The number of aryl methyl sites for hydroxylation is 3. The normalized spacial score (nSPS) is 21.8. The second-order valence-corrected chi connectivity index (χ2v) is 14.3. The zero-order valence-corrected chi connectivity index (χ0v) is 33.5. The number of amidine groups is 1. The van der Waals surface area contributed by atoms with Crippen LogP contribution in [0.2, 0.25) is 0 Å². The molecule has 0 radical (unpaired) electrons. The van der Waals surface area contributed by atoms with Crippen LogP contribution in [0.25, 0.3) is 0 Å². The number of fused-ring (bicyclic) bond motifs is 2. The van der Waals surface area contributed by atoms with Crippen molar-refractivity contribution in [3.05, 3.63) is 118 Å². The molecule has 4 atom stereocenters. The molecule has 1 heterocycles. The maximum Gasteiger partial charge on any atom is 0.251 e. The zero-order chi connectivity index (χ0) is 40.1. The van der Waals surface area contributed by atoms with Crippen LogP contribution in [0, 0.1) is 29.6 Å². The predicted molar refractivity (Wildman–Crippen MR) is 220 cm³/mol. The third-order valence-corrected chi connectivity index (χ3v) is 11.0. The molecule has 4 unspecified atom stereocenters. The van der Waals surface area contributed by atoms with Crippen molar-refractivity contribution in [1.29, 1.82) is 10.7 Å². The van der Waals surface area contributed by atoms with E-state index in [9.17, 15) is 20.3 Å². The number of hydrogen-bond acceptors (Lipinski definition) is 7. The van der Waals surface area contributed by atoms with Crippen LogP contribution in [0.15, 0.2) is 100 Å². The average molecular weight is 746 g/mol. The van der Waals surface area contributed by atoms with Crippen LogP contribution >= 0.6 is 0 Å². The van der Waals surface area contributed by atoms with Gasteiger partial charge < -0.3 is 26.7 Å². The van der Waals surface area contributed by atoms with Crippen molar-refractivity contribution in [1.82, 2.24) is 20.9 Å². The van der Waals surface area contributed by atoms with Crippen molar-refractivity contribution in [3.8, 4) is 6.07 Å². The van der Waals surface area contributed by atoms with Gasteiger partial charge in [-0.2, -0.15) is 5.26 Å². The summed E-state index contributed by atoms with van der Waals surface area (Å²) in [7, 11) is 3.46. The summed E-state index contributed by atoms with van der Waals surface area (Å²) in [6.45, 7) is 12.9. The smallest absolute Gasteiger partial charge is 0.251 e. The Hall–Kier alpha value is -5.34. The van der Waals surface area contributed by atoms with Gasteiger partial charge in [-0.25, -0.2) is 0 Å². The number of nitriles is 1. The largest absolute Gasteiger partial charge is 0.392 e. The van der Waals surface area contributed by atoms with Crippen LogP contribution < -0.4 is 21.8 Å². The minimum atomic E-state index is -1.04. The number of nitrogens with zero attached hydrogens (tertiary/aromatic N) is 4. The maximum absolute atomic E-state index is 13.2. The van der Waals surface area contributed by atoms with Crippen LogP contribution in [0.1, 0.15) is 91.9 Å². The van der Waals surface area contributed by atoms with Gasteiger partial charge in [0.05, 0.1) is 18.0 Å². The Labute approximate surface area is 327 Å². The van der Waals surface area contributed by atoms with Crippen LogP contribution in [0.4, 0.5) is 0 Å². The summed E-state index contributed by atoms with van der Waals surface area (Å²) >= 11 is 0. The first-order chi connectivity index (χ1) is 26.6. The number of nitrogens with one attached hydrogen (secondary N) is 4. The van der Waals surface area contributed by atoms with E-state index < -0.39 is 5.41 Å². The monoisotopic (exact) mass is 745 g/mol. The number of rotatable bonds is 11. The summed E-state index contributed by atoms with van der Waals surface area (Å²) in [5.74, 6) is 5.74. The lowest BCUT2D eigenvalue weighted by Gasteiger charge is -2.36. The molecule has 1 saturated heterocycles. The zero-order valence-electron chi connectivity index (χ0n) is 33.5. The van der Waals surface area contributed by atoms with E-state index in [0.717, 1.165) is 53.7 Å². The van der Waals surface area contributed by atoms with E-state index in [1.165, 1.54) is 16.7 Å². The van der Waals surface area contributed by atoms with Gasteiger partial charge in [0.2, 0.25) is 5.91 Å². The molecule has 1 aliphatic heterocycles. The molecule has 2 fully saturated rings. The summed E-state index contributed by atoms with van der Waals surface area (Å²) < 4.78 is 0. The lowest BCUT2D eigenvalue weighted by Crippen LogP contribution is -2.44. The fourth-order valence-corrected chi connectivity index (χ4v) is 7.92. The van der Waals surface area contributed by atoms with Crippen LogP contribution in [0.5, 0.6) is 0 Å². The number of carbonyl (C=O) groups is 2. The highest BCUT2D eigenvalue weighted by Crippen LogP contribution is 2.48. The molecule has 55 heavy (non-hydrogen) atoms. The predicted octanol–water partition coefficient (Wildman–Crippen LogP) is 6.92. The summed E-state index contributed by atoms with van der Waals surface area (Å²) in [4.78, 5) is 27.5. The third-order valence-electron chi connectivity index (χ3n) is 11.0. The molecular weight excluding hydrogens is 687 g/mol. The van der Waals surface area contributed by atoms with E-state index in [-0.39, 0.29) is 36.3 Å². The number of piperidine rings is 1. The van der Waals surface area contributed by atoms with E-state index in [2.05, 4.69) is 95.3 Å². The molecule has 6 N–H and O–H groups in total. The van der Waals surface area contributed by atoms with Crippen molar-refractivity contribution < 1.29 is 9.59 Å². The Balaban J connectivity index is 0.000000531. The van der Waals surface area contributed by atoms with Gasteiger partial charge in [-0.3, -0.25) is 15.0 Å². The highest BCUT2D eigenvalue weighted by atomic mass is 16.2. The summed E-state index contributed by atoms with van der Waals surface area (Å²) in [6, 6.07) is 16.4. The molecule has 4 aliphatic rings. The molecule has 2 aromatic rings. The minimum absolute atomic E-state index is 0.00545. The molecule has 0 spiro atoms.